The second-order valence-electron chi connectivity index (χ2n) is 6.08. The molecular weight excluding hydrogens is 248 g/mol. The standard InChI is InChI=1S/C14H26O3S/c1-14(2,3)17-13(16)12(18-4)11(15)10-8-6-5-7-9-10/h10-12,15H,5-9H2,1-4H3/t11-,12-/m0/s1. The molecule has 0 aliphatic heterocycles. The van der Waals surface area contributed by atoms with Gasteiger partial charge in [-0.05, 0) is 45.8 Å². The predicted molar refractivity (Wildman–Crippen MR) is 75.7 cm³/mol. The van der Waals surface area contributed by atoms with Crippen LogP contribution in [0.3, 0.4) is 0 Å². The minimum atomic E-state index is -0.574. The van der Waals surface area contributed by atoms with Crippen molar-refractivity contribution in [2.45, 2.75) is 69.8 Å². The van der Waals surface area contributed by atoms with Crippen molar-refractivity contribution in [3.05, 3.63) is 0 Å². The van der Waals surface area contributed by atoms with Crippen molar-refractivity contribution in [1.82, 2.24) is 0 Å². The molecule has 2 atom stereocenters. The summed E-state index contributed by atoms with van der Waals surface area (Å²) in [5, 5.41) is 9.93. The van der Waals surface area contributed by atoms with Crippen LogP contribution in [0, 0.1) is 5.92 Å². The Labute approximate surface area is 115 Å². The second kappa shape index (κ2) is 6.80. The maximum Gasteiger partial charge on any atom is 0.322 e. The van der Waals surface area contributed by atoms with Gasteiger partial charge in [0.15, 0.2) is 0 Å². The maximum atomic E-state index is 12.1. The molecule has 0 bridgehead atoms. The number of carbonyl (C=O) groups is 1. The van der Waals surface area contributed by atoms with Gasteiger partial charge in [0.1, 0.15) is 10.9 Å². The van der Waals surface area contributed by atoms with Crippen LogP contribution in [0.1, 0.15) is 52.9 Å². The van der Waals surface area contributed by atoms with E-state index in [1.807, 2.05) is 27.0 Å². The topological polar surface area (TPSA) is 46.5 Å². The van der Waals surface area contributed by atoms with Crippen LogP contribution < -0.4 is 0 Å². The Kier molecular flexibility index (Phi) is 5.99. The molecule has 0 amide bonds. The van der Waals surface area contributed by atoms with Crippen LogP contribution in [-0.4, -0.2) is 34.3 Å². The van der Waals surface area contributed by atoms with Crippen LogP contribution in [0.5, 0.6) is 0 Å². The molecule has 0 radical (unpaired) electrons. The summed E-state index contributed by atoms with van der Waals surface area (Å²) in [5.41, 5.74) is -0.489. The third-order valence-corrected chi connectivity index (χ3v) is 4.32. The molecule has 18 heavy (non-hydrogen) atoms. The molecule has 4 heteroatoms. The number of thioether (sulfide) groups is 1. The van der Waals surface area contributed by atoms with Gasteiger partial charge in [-0.1, -0.05) is 19.3 Å². The largest absolute Gasteiger partial charge is 0.459 e. The molecule has 1 fully saturated rings. The molecule has 0 aromatic heterocycles. The Morgan fingerprint density at radius 1 is 1.28 bits per heavy atom. The second-order valence-corrected chi connectivity index (χ2v) is 7.06. The van der Waals surface area contributed by atoms with Crippen molar-refractivity contribution in [2.24, 2.45) is 5.92 Å². The summed E-state index contributed by atoms with van der Waals surface area (Å²) in [6.45, 7) is 5.57. The van der Waals surface area contributed by atoms with Crippen LogP contribution in [0.15, 0.2) is 0 Å². The Hall–Kier alpha value is -0.220. The molecule has 0 spiro atoms. The zero-order valence-corrected chi connectivity index (χ0v) is 12.8. The van der Waals surface area contributed by atoms with E-state index in [0.29, 0.717) is 0 Å². The number of aliphatic hydroxyl groups is 1. The average Bonchev–Trinajstić information content (AvgIpc) is 2.28. The molecule has 0 saturated heterocycles. The lowest BCUT2D eigenvalue weighted by Gasteiger charge is -2.32. The summed E-state index contributed by atoms with van der Waals surface area (Å²) in [7, 11) is 0. The zero-order chi connectivity index (χ0) is 13.8. The lowest BCUT2D eigenvalue weighted by molar-refractivity contribution is -0.157. The SMILES string of the molecule is CS[C@H](C(=O)OC(C)(C)C)[C@@H](O)C1CCCCC1. The van der Waals surface area contributed by atoms with Crippen molar-refractivity contribution < 1.29 is 14.6 Å². The normalized spacial score (nSPS) is 21.4. The van der Waals surface area contributed by atoms with Crippen molar-refractivity contribution >= 4 is 17.7 Å². The molecule has 1 rings (SSSR count). The lowest BCUT2D eigenvalue weighted by atomic mass is 9.84. The number of hydrogen-bond acceptors (Lipinski definition) is 4. The van der Waals surface area contributed by atoms with E-state index in [0.717, 1.165) is 25.7 Å². The van der Waals surface area contributed by atoms with Crippen molar-refractivity contribution in [2.75, 3.05) is 6.26 Å². The van der Waals surface area contributed by atoms with E-state index in [-0.39, 0.29) is 11.9 Å². The van der Waals surface area contributed by atoms with E-state index < -0.39 is 17.0 Å². The van der Waals surface area contributed by atoms with Gasteiger partial charge in [0.25, 0.3) is 0 Å². The van der Waals surface area contributed by atoms with Crippen molar-refractivity contribution in [3.8, 4) is 0 Å². The minimum absolute atomic E-state index is 0.253. The molecule has 1 N–H and O–H groups in total. The van der Waals surface area contributed by atoms with E-state index in [2.05, 4.69) is 0 Å². The Balaban J connectivity index is 2.60. The number of hydrogen-bond donors (Lipinski definition) is 1. The number of carbonyl (C=O) groups excluding carboxylic acids is 1. The molecule has 3 nitrogen and oxygen atoms in total. The van der Waals surface area contributed by atoms with Gasteiger partial charge in [0.2, 0.25) is 0 Å². The van der Waals surface area contributed by atoms with Crippen LogP contribution >= 0.6 is 11.8 Å². The Morgan fingerprint density at radius 2 is 1.83 bits per heavy atom. The van der Waals surface area contributed by atoms with E-state index in [1.165, 1.54) is 18.2 Å². The van der Waals surface area contributed by atoms with E-state index in [4.69, 9.17) is 4.74 Å². The minimum Gasteiger partial charge on any atom is -0.459 e. The molecule has 1 saturated carbocycles. The van der Waals surface area contributed by atoms with Crippen LogP contribution in [0.4, 0.5) is 0 Å². The summed E-state index contributed by atoms with van der Waals surface area (Å²) >= 11 is 1.40. The third kappa shape index (κ3) is 4.81. The number of esters is 1. The Bertz CT molecular complexity index is 267. The highest BCUT2D eigenvalue weighted by Gasteiger charge is 2.35. The summed E-state index contributed by atoms with van der Waals surface area (Å²) < 4.78 is 5.38. The fourth-order valence-electron chi connectivity index (χ4n) is 2.46. The molecule has 106 valence electrons. The Morgan fingerprint density at radius 3 is 2.28 bits per heavy atom. The molecule has 0 heterocycles. The average molecular weight is 274 g/mol. The van der Waals surface area contributed by atoms with E-state index in [9.17, 15) is 9.90 Å². The van der Waals surface area contributed by atoms with Gasteiger partial charge in [0.05, 0.1) is 6.10 Å². The number of aliphatic hydroxyl groups excluding tert-OH is 1. The highest BCUT2D eigenvalue weighted by Crippen LogP contribution is 2.31. The molecule has 1 aliphatic rings. The first-order chi connectivity index (χ1) is 8.35. The lowest BCUT2D eigenvalue weighted by Crippen LogP contribution is -2.41. The summed E-state index contributed by atoms with van der Waals surface area (Å²) in [6, 6.07) is 0. The molecule has 0 aromatic carbocycles. The quantitative estimate of drug-likeness (QED) is 0.801. The van der Waals surface area contributed by atoms with Gasteiger partial charge in [-0.2, -0.15) is 0 Å². The summed E-state index contributed by atoms with van der Waals surface area (Å²) in [4.78, 5) is 12.1. The molecular formula is C14H26O3S. The van der Waals surface area contributed by atoms with Gasteiger partial charge in [-0.15, -0.1) is 11.8 Å². The van der Waals surface area contributed by atoms with Gasteiger partial charge in [-0.25, -0.2) is 0 Å². The number of rotatable bonds is 4. The van der Waals surface area contributed by atoms with Crippen molar-refractivity contribution in [3.63, 3.8) is 0 Å². The fraction of sp³-hybridized carbons (Fsp3) is 0.929. The molecule has 0 unspecified atom stereocenters. The van der Waals surface area contributed by atoms with Gasteiger partial charge >= 0.3 is 5.97 Å². The highest BCUT2D eigenvalue weighted by atomic mass is 32.2. The van der Waals surface area contributed by atoms with Crippen LogP contribution in [0.2, 0.25) is 0 Å². The molecule has 1 aliphatic carbocycles. The van der Waals surface area contributed by atoms with Gasteiger partial charge in [-0.3, -0.25) is 4.79 Å². The number of ether oxygens (including phenoxy) is 1. The van der Waals surface area contributed by atoms with E-state index in [1.54, 1.807) is 0 Å². The monoisotopic (exact) mass is 274 g/mol. The van der Waals surface area contributed by atoms with Crippen LogP contribution in [0.25, 0.3) is 0 Å². The predicted octanol–water partition coefficient (Wildman–Crippen LogP) is 3.00. The van der Waals surface area contributed by atoms with Crippen LogP contribution in [-0.2, 0) is 9.53 Å². The van der Waals surface area contributed by atoms with Crippen molar-refractivity contribution in [1.29, 1.82) is 0 Å². The van der Waals surface area contributed by atoms with E-state index >= 15 is 0 Å². The van der Waals surface area contributed by atoms with Gasteiger partial charge < -0.3 is 9.84 Å². The third-order valence-electron chi connectivity index (χ3n) is 3.34. The maximum absolute atomic E-state index is 12.1. The summed E-state index contributed by atoms with van der Waals surface area (Å²) in [6.07, 6.45) is 6.92. The van der Waals surface area contributed by atoms with Gasteiger partial charge in [0, 0.05) is 0 Å². The first-order valence-corrected chi connectivity index (χ1v) is 8.07. The summed E-state index contributed by atoms with van der Waals surface area (Å²) in [5.74, 6) is -0.0307. The first kappa shape index (κ1) is 15.8. The fourth-order valence-corrected chi connectivity index (χ4v) is 3.20. The first-order valence-electron chi connectivity index (χ1n) is 6.79. The highest BCUT2D eigenvalue weighted by molar-refractivity contribution is 7.99. The zero-order valence-electron chi connectivity index (χ0n) is 11.9. The molecule has 0 aromatic rings. The smallest absolute Gasteiger partial charge is 0.322 e.